The van der Waals surface area contributed by atoms with Gasteiger partial charge in [0, 0.05) is 4.88 Å². The van der Waals surface area contributed by atoms with E-state index in [0.29, 0.717) is 33.6 Å². The summed E-state index contributed by atoms with van der Waals surface area (Å²) in [6.45, 7) is 8.48. The number of thiophene rings is 1. The van der Waals surface area contributed by atoms with Crippen LogP contribution in [0.1, 0.15) is 54.9 Å². The van der Waals surface area contributed by atoms with E-state index in [9.17, 15) is 19.2 Å². The number of hydrogen-bond acceptors (Lipinski definition) is 10. The Labute approximate surface area is 256 Å². The molecule has 0 fully saturated rings. The van der Waals surface area contributed by atoms with Crippen molar-refractivity contribution in [3.63, 3.8) is 0 Å². The average Bonchev–Trinajstić information content (AvgIpc) is 3.45. The lowest BCUT2D eigenvalue weighted by atomic mass is 9.88. The van der Waals surface area contributed by atoms with Gasteiger partial charge in [-0.25, -0.2) is 4.79 Å². The summed E-state index contributed by atoms with van der Waals surface area (Å²) in [6.07, 6.45) is 2.63. The highest BCUT2D eigenvalue weighted by atomic mass is 32.2. The van der Waals surface area contributed by atoms with Crippen molar-refractivity contribution in [3.05, 3.63) is 39.0 Å². The van der Waals surface area contributed by atoms with Crippen molar-refractivity contribution in [1.82, 2.24) is 4.57 Å². The second-order valence-electron chi connectivity index (χ2n) is 9.66. The number of nitrogens with one attached hydrogen (secondary N) is 1. The minimum atomic E-state index is -0.435. The molecular weight excluding hydrogens is 599 g/mol. The quantitative estimate of drug-likeness (QED) is 0.281. The molecule has 0 bridgehead atoms. The van der Waals surface area contributed by atoms with Gasteiger partial charge < -0.3 is 24.1 Å². The second-order valence-corrected chi connectivity index (χ2v) is 12.8. The third kappa shape index (κ3) is 7.81. The molecule has 4 rings (SSSR count). The number of anilines is 1. The van der Waals surface area contributed by atoms with Crippen LogP contribution in [-0.4, -0.2) is 59.6 Å². The molecule has 2 heterocycles. The predicted octanol–water partition coefficient (Wildman–Crippen LogP) is 4.83. The fraction of sp³-hybridized carbons (Fsp3) is 0.483. The Hall–Kier alpha value is -3.16. The van der Waals surface area contributed by atoms with Crippen LogP contribution in [0.25, 0.3) is 10.2 Å². The summed E-state index contributed by atoms with van der Waals surface area (Å²) in [5.74, 6) is -0.427. The summed E-state index contributed by atoms with van der Waals surface area (Å²) in [4.78, 5) is 56.4. The van der Waals surface area contributed by atoms with E-state index in [2.05, 4.69) is 17.2 Å². The number of nitrogens with zero attached hydrogens (tertiary/aromatic N) is 2. The first-order chi connectivity index (χ1) is 20.2. The fourth-order valence-corrected chi connectivity index (χ4v) is 7.76. The molecule has 0 radical (unpaired) electrons. The molecular formula is C29H35N3O7S3. The van der Waals surface area contributed by atoms with Crippen LogP contribution < -0.4 is 14.9 Å². The van der Waals surface area contributed by atoms with E-state index in [1.807, 2.05) is 19.1 Å². The Morgan fingerprint density at radius 3 is 2.60 bits per heavy atom. The Morgan fingerprint density at radius 1 is 1.07 bits per heavy atom. The number of rotatable bonds is 12. The Morgan fingerprint density at radius 2 is 1.86 bits per heavy atom. The number of fused-ring (bicyclic) bond motifs is 2. The highest BCUT2D eigenvalue weighted by molar-refractivity contribution is 8.00. The monoisotopic (exact) mass is 633 g/mol. The van der Waals surface area contributed by atoms with Crippen LogP contribution in [0.5, 0.6) is 5.75 Å². The first-order valence-electron chi connectivity index (χ1n) is 13.9. The lowest BCUT2D eigenvalue weighted by Crippen LogP contribution is -2.23. The summed E-state index contributed by atoms with van der Waals surface area (Å²) in [5, 5.41) is 3.38. The molecule has 0 saturated heterocycles. The number of amides is 2. The molecule has 0 saturated carbocycles. The van der Waals surface area contributed by atoms with Gasteiger partial charge in [-0.1, -0.05) is 18.3 Å². The number of aromatic nitrogens is 1. The maximum Gasteiger partial charge on any atom is 0.341 e. The topological polar surface area (TPSA) is 125 Å². The number of carbonyl (C=O) groups excluding carboxylic acids is 4. The average molecular weight is 634 g/mol. The van der Waals surface area contributed by atoms with Gasteiger partial charge in [-0.05, 0) is 69.7 Å². The maximum absolute atomic E-state index is 12.8. The number of benzene rings is 1. The van der Waals surface area contributed by atoms with Gasteiger partial charge in [0.1, 0.15) is 17.3 Å². The molecule has 1 aliphatic carbocycles. The van der Waals surface area contributed by atoms with Gasteiger partial charge in [0.25, 0.3) is 5.91 Å². The minimum Gasteiger partial charge on any atom is -0.494 e. The van der Waals surface area contributed by atoms with Crippen molar-refractivity contribution in [2.24, 2.45) is 10.9 Å². The molecule has 3 aromatic rings. The molecule has 1 aliphatic rings. The van der Waals surface area contributed by atoms with Crippen molar-refractivity contribution >= 4 is 73.4 Å². The van der Waals surface area contributed by atoms with E-state index in [-0.39, 0.29) is 37.2 Å². The van der Waals surface area contributed by atoms with Crippen molar-refractivity contribution < 1.29 is 33.4 Å². The molecule has 0 spiro atoms. The zero-order valence-electron chi connectivity index (χ0n) is 24.2. The standard InChI is InChI=1S/C29H35N3O7S3/c1-5-37-18-9-11-20-22(13-18)42-29(32(20)14-25(35)38-6-2)31-24(34)16-40-15-23(33)30-27-26(28(36)39-7-3)19-10-8-17(4)12-21(19)41-27/h9,11,13,17H,5-8,10,12,14-16H2,1-4H3,(H,30,33). The molecule has 2 amide bonds. The third-order valence-corrected chi connectivity index (χ3v) is 9.61. The van der Waals surface area contributed by atoms with Crippen LogP contribution in [0, 0.1) is 5.92 Å². The van der Waals surface area contributed by atoms with Crippen LogP contribution in [-0.2, 0) is 43.2 Å². The molecule has 10 nitrogen and oxygen atoms in total. The molecule has 2 aromatic heterocycles. The molecule has 1 unspecified atom stereocenters. The van der Waals surface area contributed by atoms with Gasteiger partial charge in [-0.3, -0.25) is 14.4 Å². The molecule has 1 N–H and O–H groups in total. The smallest absolute Gasteiger partial charge is 0.341 e. The van der Waals surface area contributed by atoms with Crippen molar-refractivity contribution in [3.8, 4) is 5.75 Å². The number of ether oxygens (including phenoxy) is 3. The Kier molecular flexibility index (Phi) is 11.2. The summed E-state index contributed by atoms with van der Waals surface area (Å²) in [7, 11) is 0. The predicted molar refractivity (Wildman–Crippen MR) is 166 cm³/mol. The van der Waals surface area contributed by atoms with E-state index in [1.165, 1.54) is 22.7 Å². The summed E-state index contributed by atoms with van der Waals surface area (Å²) < 4.78 is 18.4. The van der Waals surface area contributed by atoms with Crippen molar-refractivity contribution in [2.45, 2.75) is 53.5 Å². The molecule has 0 aliphatic heterocycles. The van der Waals surface area contributed by atoms with Crippen LogP contribution in [0.4, 0.5) is 5.00 Å². The largest absolute Gasteiger partial charge is 0.494 e. The van der Waals surface area contributed by atoms with Gasteiger partial charge in [0.15, 0.2) is 4.80 Å². The van der Waals surface area contributed by atoms with Gasteiger partial charge in [0.05, 0.1) is 47.1 Å². The van der Waals surface area contributed by atoms with Crippen LogP contribution in [0.15, 0.2) is 23.2 Å². The van der Waals surface area contributed by atoms with Gasteiger partial charge in [-0.15, -0.1) is 23.1 Å². The number of esters is 2. The van der Waals surface area contributed by atoms with Gasteiger partial charge >= 0.3 is 11.9 Å². The molecule has 226 valence electrons. The zero-order chi connectivity index (χ0) is 30.2. The Bertz CT molecular complexity index is 1540. The van der Waals surface area contributed by atoms with Crippen molar-refractivity contribution in [1.29, 1.82) is 0 Å². The molecule has 1 aromatic carbocycles. The normalized spacial score (nSPS) is 14.9. The van der Waals surface area contributed by atoms with E-state index in [4.69, 9.17) is 14.2 Å². The molecule has 42 heavy (non-hydrogen) atoms. The Balaban J connectivity index is 1.45. The first-order valence-corrected chi connectivity index (χ1v) is 16.7. The van der Waals surface area contributed by atoms with E-state index in [1.54, 1.807) is 24.5 Å². The highest BCUT2D eigenvalue weighted by Gasteiger charge is 2.29. The van der Waals surface area contributed by atoms with Crippen LogP contribution in [0.2, 0.25) is 0 Å². The van der Waals surface area contributed by atoms with E-state index in [0.717, 1.165) is 51.7 Å². The zero-order valence-corrected chi connectivity index (χ0v) is 26.6. The van der Waals surface area contributed by atoms with Crippen LogP contribution in [0.3, 0.4) is 0 Å². The van der Waals surface area contributed by atoms with Gasteiger partial charge in [0.2, 0.25) is 5.91 Å². The van der Waals surface area contributed by atoms with E-state index < -0.39 is 17.8 Å². The maximum atomic E-state index is 12.8. The summed E-state index contributed by atoms with van der Waals surface area (Å²) in [5.41, 5.74) is 2.17. The van der Waals surface area contributed by atoms with Crippen molar-refractivity contribution in [2.75, 3.05) is 36.6 Å². The number of thiazole rings is 1. The SMILES string of the molecule is CCOC(=O)Cn1c(=NC(=O)CSCC(=O)Nc2sc3c(c2C(=O)OCC)CCC(C)C3)sc2cc(OCC)ccc21. The fourth-order valence-electron chi connectivity index (χ4n) is 4.67. The highest BCUT2D eigenvalue weighted by Crippen LogP contribution is 2.40. The second kappa shape index (κ2) is 14.8. The van der Waals surface area contributed by atoms with Crippen LogP contribution >= 0.6 is 34.4 Å². The first kappa shape index (κ1) is 31.8. The number of carbonyl (C=O) groups is 4. The van der Waals surface area contributed by atoms with E-state index >= 15 is 0 Å². The summed E-state index contributed by atoms with van der Waals surface area (Å²) in [6, 6.07) is 5.48. The minimum absolute atomic E-state index is 0.00938. The number of thioether (sulfide) groups is 1. The lowest BCUT2D eigenvalue weighted by Gasteiger charge is -2.18. The number of hydrogen-bond donors (Lipinski definition) is 1. The third-order valence-electron chi connectivity index (χ3n) is 6.48. The van der Waals surface area contributed by atoms with Gasteiger partial charge in [-0.2, -0.15) is 4.99 Å². The summed E-state index contributed by atoms with van der Waals surface area (Å²) >= 11 is 3.83. The lowest BCUT2D eigenvalue weighted by molar-refractivity contribution is -0.143. The molecule has 13 heteroatoms. The molecule has 1 atom stereocenters.